The van der Waals surface area contributed by atoms with Crippen LogP contribution in [-0.2, 0) is 0 Å². The summed E-state index contributed by atoms with van der Waals surface area (Å²) in [5, 5.41) is 19.8. The van der Waals surface area contributed by atoms with E-state index >= 15 is 0 Å². The number of para-hydroxylation sites is 1. The summed E-state index contributed by atoms with van der Waals surface area (Å²) in [5.74, 6) is 0.358. The first-order valence-electron chi connectivity index (χ1n) is 10.1. The van der Waals surface area contributed by atoms with Crippen LogP contribution in [0.3, 0.4) is 0 Å². The molecule has 0 aliphatic heterocycles. The fraction of sp³-hybridized carbons (Fsp3) is 0.286. The minimum Gasteiger partial charge on any atom is -0.364 e. The van der Waals surface area contributed by atoms with Crippen LogP contribution in [0.2, 0.25) is 5.02 Å². The van der Waals surface area contributed by atoms with E-state index in [-0.39, 0.29) is 27.8 Å². The number of halogens is 1. The summed E-state index contributed by atoms with van der Waals surface area (Å²) in [4.78, 5) is 29.1. The summed E-state index contributed by atoms with van der Waals surface area (Å²) >= 11 is 6.15. The molecule has 0 saturated heterocycles. The van der Waals surface area contributed by atoms with Gasteiger partial charge < -0.3 is 5.32 Å². The van der Waals surface area contributed by atoms with E-state index in [1.54, 1.807) is 12.1 Å². The first kappa shape index (κ1) is 19.5. The molecule has 1 saturated carbocycles. The normalized spacial score (nSPS) is 14.9. The van der Waals surface area contributed by atoms with Gasteiger partial charge in [0.1, 0.15) is 0 Å². The third-order valence-corrected chi connectivity index (χ3v) is 5.85. The predicted octanol–water partition coefficient (Wildman–Crippen LogP) is 4.34. The lowest BCUT2D eigenvalue weighted by Crippen LogP contribution is -2.24. The molecule has 1 aliphatic rings. The fourth-order valence-corrected chi connectivity index (χ4v) is 4.38. The zero-order valence-corrected chi connectivity index (χ0v) is 17.2. The van der Waals surface area contributed by atoms with E-state index in [4.69, 9.17) is 11.6 Å². The van der Waals surface area contributed by atoms with Crippen molar-refractivity contribution in [3.8, 4) is 5.69 Å². The van der Waals surface area contributed by atoms with E-state index in [2.05, 4.69) is 15.4 Å². The van der Waals surface area contributed by atoms with Crippen molar-refractivity contribution in [1.82, 2.24) is 19.2 Å². The quantitative estimate of drug-likeness (QED) is 0.375. The highest BCUT2D eigenvalue weighted by molar-refractivity contribution is 6.31. The van der Waals surface area contributed by atoms with Crippen LogP contribution >= 0.6 is 11.6 Å². The van der Waals surface area contributed by atoms with Gasteiger partial charge in [0.2, 0.25) is 5.65 Å². The fourth-order valence-electron chi connectivity index (χ4n) is 4.17. The molecule has 0 unspecified atom stereocenters. The molecule has 0 bridgehead atoms. The first-order valence-corrected chi connectivity index (χ1v) is 10.5. The number of hydrogen-bond donors (Lipinski definition) is 1. The van der Waals surface area contributed by atoms with Gasteiger partial charge in [-0.2, -0.15) is 4.68 Å². The molecule has 4 aromatic rings. The Morgan fingerprint density at radius 1 is 1.13 bits per heavy atom. The van der Waals surface area contributed by atoms with E-state index in [1.165, 1.54) is 27.6 Å². The van der Waals surface area contributed by atoms with Gasteiger partial charge in [-0.3, -0.25) is 10.1 Å². The third kappa shape index (κ3) is 3.40. The lowest BCUT2D eigenvalue weighted by molar-refractivity contribution is -0.383. The molecule has 2 aromatic heterocycles. The van der Waals surface area contributed by atoms with Crippen LogP contribution in [0.5, 0.6) is 0 Å². The summed E-state index contributed by atoms with van der Waals surface area (Å²) in [5.41, 5.74) is 0.533. The second-order valence-electron chi connectivity index (χ2n) is 7.68. The maximum absolute atomic E-state index is 13.4. The third-order valence-electron chi connectivity index (χ3n) is 5.63. The van der Waals surface area contributed by atoms with Gasteiger partial charge in [-0.25, -0.2) is 14.2 Å². The monoisotopic (exact) mass is 438 g/mol. The van der Waals surface area contributed by atoms with Crippen LogP contribution < -0.4 is 11.0 Å². The van der Waals surface area contributed by atoms with Gasteiger partial charge in [0.15, 0.2) is 11.3 Å². The molecule has 1 fully saturated rings. The van der Waals surface area contributed by atoms with Crippen molar-refractivity contribution in [3.63, 3.8) is 0 Å². The predicted molar refractivity (Wildman–Crippen MR) is 118 cm³/mol. The van der Waals surface area contributed by atoms with E-state index in [9.17, 15) is 14.9 Å². The van der Waals surface area contributed by atoms with Gasteiger partial charge in [0.05, 0.1) is 16.1 Å². The van der Waals surface area contributed by atoms with Crippen molar-refractivity contribution < 1.29 is 4.92 Å². The zero-order chi connectivity index (χ0) is 21.5. The molecule has 0 radical (unpaired) electrons. The Kier molecular flexibility index (Phi) is 4.82. The summed E-state index contributed by atoms with van der Waals surface area (Å²) in [6, 6.07) is 11.9. The average molecular weight is 439 g/mol. The summed E-state index contributed by atoms with van der Waals surface area (Å²) in [7, 11) is 0. The van der Waals surface area contributed by atoms with Gasteiger partial charge in [-0.05, 0) is 31.0 Å². The Labute approximate surface area is 181 Å². The molecular weight excluding hydrogens is 420 g/mol. The molecule has 158 valence electrons. The smallest absolute Gasteiger partial charge is 0.355 e. The van der Waals surface area contributed by atoms with Crippen LogP contribution in [0.25, 0.3) is 22.4 Å². The Bertz CT molecular complexity index is 1360. The Hall–Kier alpha value is -3.46. The molecule has 0 atom stereocenters. The molecule has 9 nitrogen and oxygen atoms in total. The lowest BCUT2D eigenvalue weighted by atomic mass is 9.95. The molecule has 2 aromatic carbocycles. The highest BCUT2D eigenvalue weighted by Crippen LogP contribution is 2.31. The SMILES string of the molecule is O=c1n(-c2ccccc2)nc2c(NC3CCCCC3)nc3c([N+](=O)[O-])cc(Cl)cc3n12. The summed E-state index contributed by atoms with van der Waals surface area (Å²) in [6.07, 6.45) is 5.33. The molecule has 0 amide bonds. The highest BCUT2D eigenvalue weighted by atomic mass is 35.5. The van der Waals surface area contributed by atoms with Crippen molar-refractivity contribution in [1.29, 1.82) is 0 Å². The first-order chi connectivity index (χ1) is 15.0. The number of fused-ring (bicyclic) bond motifs is 3. The van der Waals surface area contributed by atoms with Gasteiger partial charge >= 0.3 is 5.69 Å². The van der Waals surface area contributed by atoms with Crippen LogP contribution in [0.4, 0.5) is 11.5 Å². The zero-order valence-electron chi connectivity index (χ0n) is 16.5. The average Bonchev–Trinajstić information content (AvgIpc) is 3.13. The van der Waals surface area contributed by atoms with E-state index < -0.39 is 10.6 Å². The van der Waals surface area contributed by atoms with E-state index in [0.717, 1.165) is 25.7 Å². The van der Waals surface area contributed by atoms with Gasteiger partial charge in [0, 0.05) is 17.1 Å². The van der Waals surface area contributed by atoms with Crippen LogP contribution in [0.15, 0.2) is 47.3 Å². The number of non-ortho nitro benzene ring substituents is 1. The number of nitrogens with zero attached hydrogens (tertiary/aromatic N) is 5. The number of rotatable bonds is 4. The maximum atomic E-state index is 13.4. The lowest BCUT2D eigenvalue weighted by Gasteiger charge is -2.23. The number of anilines is 1. The van der Waals surface area contributed by atoms with Crippen LogP contribution in [0, 0.1) is 10.1 Å². The molecule has 0 spiro atoms. The number of benzene rings is 2. The van der Waals surface area contributed by atoms with Crippen molar-refractivity contribution in [2.75, 3.05) is 5.32 Å². The summed E-state index contributed by atoms with van der Waals surface area (Å²) in [6.45, 7) is 0. The second-order valence-corrected chi connectivity index (χ2v) is 8.11. The Morgan fingerprint density at radius 2 is 1.87 bits per heavy atom. The van der Waals surface area contributed by atoms with E-state index in [0.29, 0.717) is 17.2 Å². The Morgan fingerprint density at radius 3 is 2.58 bits per heavy atom. The molecule has 5 rings (SSSR count). The number of aromatic nitrogens is 4. The summed E-state index contributed by atoms with van der Waals surface area (Å²) < 4.78 is 2.62. The van der Waals surface area contributed by atoms with Crippen molar-refractivity contribution in [2.24, 2.45) is 0 Å². The Balaban J connectivity index is 1.83. The maximum Gasteiger partial charge on any atom is 0.355 e. The molecule has 2 heterocycles. The van der Waals surface area contributed by atoms with Crippen LogP contribution in [-0.4, -0.2) is 30.1 Å². The van der Waals surface area contributed by atoms with Crippen LogP contribution in [0.1, 0.15) is 32.1 Å². The number of nitrogens with one attached hydrogen (secondary N) is 1. The molecule has 10 heteroatoms. The largest absolute Gasteiger partial charge is 0.364 e. The number of nitro groups is 1. The van der Waals surface area contributed by atoms with Gasteiger partial charge in [-0.15, -0.1) is 5.10 Å². The van der Waals surface area contributed by atoms with Gasteiger partial charge in [-0.1, -0.05) is 49.1 Å². The molecule has 1 aliphatic carbocycles. The standard InChI is InChI=1S/C21H19ClN6O3/c22-13-11-16-18(17(12-13)28(30)31)24-19(23-14-7-3-1-4-8-14)20-25-27(21(29)26(16)20)15-9-5-2-6-10-15/h2,5-6,9-12,14H,1,3-4,7-8H2,(H,23,24). The topological polar surface area (TPSA) is 107 Å². The second kappa shape index (κ2) is 7.66. The minimum atomic E-state index is -0.538. The van der Waals surface area contributed by atoms with Crippen molar-refractivity contribution in [2.45, 2.75) is 38.1 Å². The number of nitro benzene ring substituents is 1. The highest BCUT2D eigenvalue weighted by Gasteiger charge is 2.24. The van der Waals surface area contributed by atoms with Crippen molar-refractivity contribution in [3.05, 3.63) is 68.1 Å². The molecule has 31 heavy (non-hydrogen) atoms. The van der Waals surface area contributed by atoms with Crippen molar-refractivity contribution >= 4 is 39.8 Å². The molecular formula is C21H19ClN6O3. The molecule has 1 N–H and O–H groups in total. The number of hydrogen-bond acceptors (Lipinski definition) is 6. The van der Waals surface area contributed by atoms with Gasteiger partial charge in [0.25, 0.3) is 5.69 Å². The van der Waals surface area contributed by atoms with E-state index in [1.807, 2.05) is 18.2 Å². The minimum absolute atomic E-state index is 0.0925.